The van der Waals surface area contributed by atoms with Gasteiger partial charge in [0.15, 0.2) is 0 Å². The number of pyridine rings is 2. The molecule has 0 radical (unpaired) electrons. The highest BCUT2D eigenvalue weighted by atomic mass is 32.2. The van der Waals surface area contributed by atoms with Gasteiger partial charge in [-0.1, -0.05) is 72.3 Å². The minimum absolute atomic E-state index is 0.0666. The van der Waals surface area contributed by atoms with E-state index in [9.17, 15) is 13.2 Å². The number of rotatable bonds is 3. The smallest absolute Gasteiger partial charge is 0.293 e. The van der Waals surface area contributed by atoms with Crippen LogP contribution < -0.4 is 5.69 Å². The molecule has 8 rings (SSSR count). The molecule has 0 aliphatic rings. The SMILES string of the molecule is Cc1ccc(S(=O)(=O)O)cc1.Cn1c(=O)n(-c2ccc3ccccc3c2)c2c3cc(-c4cnc5ccccc5c4)ccc3ncc21. The van der Waals surface area contributed by atoms with Gasteiger partial charge in [-0.15, -0.1) is 0 Å². The van der Waals surface area contributed by atoms with E-state index in [1.807, 2.05) is 55.6 Å². The molecule has 8 aromatic rings. The minimum Gasteiger partial charge on any atom is -0.293 e. The van der Waals surface area contributed by atoms with Crippen molar-refractivity contribution in [1.82, 2.24) is 19.1 Å². The zero-order valence-corrected chi connectivity index (χ0v) is 25.8. The molecular formula is C37H28N4O4S. The van der Waals surface area contributed by atoms with Crippen LogP contribution in [0.2, 0.25) is 0 Å². The Morgan fingerprint density at radius 1 is 0.674 bits per heavy atom. The summed E-state index contributed by atoms with van der Waals surface area (Å²) < 4.78 is 33.0. The Morgan fingerprint density at radius 2 is 1.37 bits per heavy atom. The monoisotopic (exact) mass is 624 g/mol. The maximum Gasteiger partial charge on any atom is 0.333 e. The lowest BCUT2D eigenvalue weighted by molar-refractivity contribution is 0.483. The lowest BCUT2D eigenvalue weighted by Crippen LogP contribution is -2.20. The molecule has 1 N–H and O–H groups in total. The molecule has 0 atom stereocenters. The molecule has 0 amide bonds. The molecule has 226 valence electrons. The van der Waals surface area contributed by atoms with Crippen LogP contribution in [0.5, 0.6) is 0 Å². The van der Waals surface area contributed by atoms with E-state index in [-0.39, 0.29) is 10.6 Å². The second-order valence-corrected chi connectivity index (χ2v) is 12.6. The number of para-hydroxylation sites is 1. The van der Waals surface area contributed by atoms with Crippen LogP contribution in [-0.4, -0.2) is 32.1 Å². The van der Waals surface area contributed by atoms with Crippen molar-refractivity contribution in [1.29, 1.82) is 0 Å². The fourth-order valence-corrected chi connectivity index (χ4v) is 6.15. The summed E-state index contributed by atoms with van der Waals surface area (Å²) in [4.78, 5) is 22.7. The Morgan fingerprint density at radius 3 is 2.13 bits per heavy atom. The molecule has 0 saturated carbocycles. The summed E-state index contributed by atoms with van der Waals surface area (Å²) in [5, 5.41) is 4.26. The summed E-state index contributed by atoms with van der Waals surface area (Å²) in [5.74, 6) is 0. The average molecular weight is 625 g/mol. The maximum absolute atomic E-state index is 13.5. The van der Waals surface area contributed by atoms with Crippen molar-refractivity contribution >= 4 is 53.7 Å². The first kappa shape index (κ1) is 29.1. The van der Waals surface area contributed by atoms with Gasteiger partial charge in [0.25, 0.3) is 10.1 Å². The lowest BCUT2D eigenvalue weighted by atomic mass is 10.0. The van der Waals surface area contributed by atoms with E-state index in [1.165, 1.54) is 12.1 Å². The van der Waals surface area contributed by atoms with Crippen molar-refractivity contribution in [2.24, 2.45) is 7.05 Å². The van der Waals surface area contributed by atoms with E-state index < -0.39 is 10.1 Å². The Bertz CT molecular complexity index is 2610. The van der Waals surface area contributed by atoms with Gasteiger partial charge in [-0.05, 0) is 71.8 Å². The van der Waals surface area contributed by atoms with E-state index in [4.69, 9.17) is 4.55 Å². The van der Waals surface area contributed by atoms with Gasteiger partial charge in [-0.25, -0.2) is 4.79 Å². The van der Waals surface area contributed by atoms with Gasteiger partial charge in [0.05, 0.1) is 38.8 Å². The first-order valence-corrected chi connectivity index (χ1v) is 16.0. The molecule has 0 aliphatic carbocycles. The van der Waals surface area contributed by atoms with Crippen LogP contribution in [0.1, 0.15) is 5.56 Å². The van der Waals surface area contributed by atoms with E-state index in [0.29, 0.717) is 0 Å². The summed E-state index contributed by atoms with van der Waals surface area (Å²) in [6.07, 6.45) is 3.69. The number of hydrogen-bond acceptors (Lipinski definition) is 5. The molecule has 0 saturated heterocycles. The number of fused-ring (bicyclic) bond motifs is 5. The number of aromatic nitrogens is 4. The van der Waals surface area contributed by atoms with Crippen molar-refractivity contribution in [2.75, 3.05) is 0 Å². The zero-order chi connectivity index (χ0) is 32.0. The molecule has 3 aromatic heterocycles. The molecule has 0 fully saturated rings. The van der Waals surface area contributed by atoms with Crippen molar-refractivity contribution in [3.8, 4) is 16.8 Å². The Balaban J connectivity index is 0.000000263. The van der Waals surface area contributed by atoms with Crippen LogP contribution in [0, 0.1) is 6.92 Å². The first-order chi connectivity index (χ1) is 22.2. The normalized spacial score (nSPS) is 11.6. The van der Waals surface area contributed by atoms with Gasteiger partial charge in [0, 0.05) is 29.6 Å². The summed E-state index contributed by atoms with van der Waals surface area (Å²) in [7, 11) is -2.22. The molecule has 3 heterocycles. The summed E-state index contributed by atoms with van der Waals surface area (Å²) in [6, 6.07) is 36.8. The van der Waals surface area contributed by atoms with Gasteiger partial charge < -0.3 is 0 Å². The quantitative estimate of drug-likeness (QED) is 0.204. The maximum atomic E-state index is 13.5. The average Bonchev–Trinajstić information content (AvgIpc) is 3.33. The van der Waals surface area contributed by atoms with Crippen LogP contribution in [-0.2, 0) is 17.2 Å². The highest BCUT2D eigenvalue weighted by Gasteiger charge is 2.17. The molecule has 0 spiro atoms. The molecular weight excluding hydrogens is 596 g/mol. The number of nitrogens with zero attached hydrogens (tertiary/aromatic N) is 4. The topological polar surface area (TPSA) is 107 Å². The third-order valence-corrected chi connectivity index (χ3v) is 8.99. The predicted molar refractivity (Wildman–Crippen MR) is 183 cm³/mol. The first-order valence-electron chi connectivity index (χ1n) is 14.6. The highest BCUT2D eigenvalue weighted by Crippen LogP contribution is 2.31. The molecule has 0 bridgehead atoms. The van der Waals surface area contributed by atoms with Crippen molar-refractivity contribution in [2.45, 2.75) is 11.8 Å². The molecule has 5 aromatic carbocycles. The molecule has 8 nitrogen and oxygen atoms in total. The summed E-state index contributed by atoms with van der Waals surface area (Å²) >= 11 is 0. The van der Waals surface area contributed by atoms with Crippen LogP contribution in [0.15, 0.2) is 137 Å². The second-order valence-electron chi connectivity index (χ2n) is 11.1. The number of benzene rings is 5. The predicted octanol–water partition coefficient (Wildman–Crippen LogP) is 7.49. The minimum atomic E-state index is -4.02. The fraction of sp³-hybridized carbons (Fsp3) is 0.0541. The second kappa shape index (κ2) is 11.4. The summed E-state index contributed by atoms with van der Waals surface area (Å²) in [6.45, 7) is 1.84. The van der Waals surface area contributed by atoms with Crippen molar-refractivity contribution < 1.29 is 13.0 Å². The highest BCUT2D eigenvalue weighted by molar-refractivity contribution is 7.85. The fourth-order valence-electron chi connectivity index (χ4n) is 5.67. The van der Waals surface area contributed by atoms with E-state index >= 15 is 0 Å². The van der Waals surface area contributed by atoms with Crippen LogP contribution in [0.4, 0.5) is 0 Å². The molecule has 46 heavy (non-hydrogen) atoms. The zero-order valence-electron chi connectivity index (χ0n) is 25.0. The van der Waals surface area contributed by atoms with Gasteiger partial charge in [0.1, 0.15) is 0 Å². The molecule has 0 unspecified atom stereocenters. The Hall–Kier alpha value is -5.64. The summed E-state index contributed by atoms with van der Waals surface area (Å²) in [5.41, 5.74) is 7.22. The van der Waals surface area contributed by atoms with Crippen LogP contribution in [0.25, 0.3) is 60.4 Å². The van der Waals surface area contributed by atoms with E-state index in [1.54, 1.807) is 34.5 Å². The molecule has 9 heteroatoms. The number of hydrogen-bond donors (Lipinski definition) is 1. The van der Waals surface area contributed by atoms with Crippen LogP contribution in [0.3, 0.4) is 0 Å². The third kappa shape index (κ3) is 5.32. The lowest BCUT2D eigenvalue weighted by Gasteiger charge is -2.09. The van der Waals surface area contributed by atoms with Gasteiger partial charge in [0.2, 0.25) is 0 Å². The largest absolute Gasteiger partial charge is 0.333 e. The van der Waals surface area contributed by atoms with Crippen LogP contribution >= 0.6 is 0 Å². The van der Waals surface area contributed by atoms with Crippen molar-refractivity contribution in [3.05, 3.63) is 144 Å². The number of aryl methyl sites for hydroxylation is 2. The van der Waals surface area contributed by atoms with E-state index in [0.717, 1.165) is 66.0 Å². The standard InChI is InChI=1S/C30H20N4O.C7H8O3S/c1-33-28-18-32-27-13-11-21(23-14-22-8-4-5-9-26(22)31-17-23)16-25(27)29(28)34(30(33)35)24-12-10-19-6-2-3-7-20(19)15-24;1-6-2-4-7(5-3-6)11(8,9)10/h2-18H,1H3;2-5H,1H3,(H,8,9,10). The van der Waals surface area contributed by atoms with Gasteiger partial charge in [-0.3, -0.25) is 23.7 Å². The Labute approximate surface area is 264 Å². The number of imidazole rings is 1. The van der Waals surface area contributed by atoms with E-state index in [2.05, 4.69) is 58.5 Å². The molecule has 0 aliphatic heterocycles. The Kier molecular flexibility index (Phi) is 7.19. The van der Waals surface area contributed by atoms with Crippen molar-refractivity contribution in [3.63, 3.8) is 0 Å². The van der Waals surface area contributed by atoms with Gasteiger partial charge >= 0.3 is 5.69 Å². The third-order valence-electron chi connectivity index (χ3n) is 8.12. The van der Waals surface area contributed by atoms with Gasteiger partial charge in [-0.2, -0.15) is 8.42 Å².